The van der Waals surface area contributed by atoms with Crippen LogP contribution in [0.3, 0.4) is 0 Å². The fourth-order valence-corrected chi connectivity index (χ4v) is 2.79. The molecule has 2 unspecified atom stereocenters. The van der Waals surface area contributed by atoms with Gasteiger partial charge in [0.2, 0.25) is 0 Å². The van der Waals surface area contributed by atoms with E-state index >= 15 is 0 Å². The number of β-amino-alcohol motifs (C(OH)–C–C–N with tert-alkyl or cyclic N) is 1. The Labute approximate surface area is 104 Å². The van der Waals surface area contributed by atoms with Gasteiger partial charge in [0.25, 0.3) is 0 Å². The zero-order chi connectivity index (χ0) is 12.4. The quantitative estimate of drug-likeness (QED) is 0.867. The molecule has 0 bridgehead atoms. The highest BCUT2D eigenvalue weighted by atomic mass is 16.3. The van der Waals surface area contributed by atoms with Crippen LogP contribution in [0.1, 0.15) is 42.6 Å². The molecule has 0 radical (unpaired) electrons. The van der Waals surface area contributed by atoms with Gasteiger partial charge in [-0.15, -0.1) is 0 Å². The number of hydrogen-bond acceptors (Lipinski definition) is 2. The molecule has 0 spiro atoms. The average molecular weight is 233 g/mol. The molecule has 94 valence electrons. The number of benzene rings is 1. The van der Waals surface area contributed by atoms with E-state index in [-0.39, 0.29) is 6.10 Å². The van der Waals surface area contributed by atoms with Crippen LogP contribution in [0.25, 0.3) is 0 Å². The van der Waals surface area contributed by atoms with E-state index in [4.69, 9.17) is 0 Å². The van der Waals surface area contributed by atoms with Gasteiger partial charge in [-0.05, 0) is 45.7 Å². The third kappa shape index (κ3) is 3.08. The number of aliphatic hydroxyl groups excluding tert-OH is 1. The van der Waals surface area contributed by atoms with Crippen LogP contribution in [0.4, 0.5) is 0 Å². The predicted octanol–water partition coefficient (Wildman–Crippen LogP) is 2.82. The van der Waals surface area contributed by atoms with Gasteiger partial charge in [-0.2, -0.15) is 0 Å². The van der Waals surface area contributed by atoms with Crippen LogP contribution < -0.4 is 0 Å². The molecule has 2 heteroatoms. The number of aliphatic hydroxyl groups is 1. The van der Waals surface area contributed by atoms with Crippen LogP contribution in [-0.4, -0.2) is 29.1 Å². The third-order valence-corrected chi connectivity index (χ3v) is 3.73. The Morgan fingerprint density at radius 3 is 2.47 bits per heavy atom. The molecule has 1 N–H and O–H groups in total. The molecule has 0 aliphatic carbocycles. The summed E-state index contributed by atoms with van der Waals surface area (Å²) in [5.41, 5.74) is 3.52. The second kappa shape index (κ2) is 5.19. The summed E-state index contributed by atoms with van der Waals surface area (Å²) in [4.78, 5) is 2.39. The van der Waals surface area contributed by atoms with Crippen molar-refractivity contribution in [2.45, 2.75) is 45.8 Å². The number of rotatable bonds is 3. The first kappa shape index (κ1) is 12.6. The molecule has 1 saturated heterocycles. The Bertz CT molecular complexity index is 368. The smallest absolute Gasteiger partial charge is 0.0917 e. The highest BCUT2D eigenvalue weighted by Gasteiger charge is 2.23. The minimum absolute atomic E-state index is 0.353. The van der Waals surface area contributed by atoms with Crippen LogP contribution in [0.2, 0.25) is 0 Å². The van der Waals surface area contributed by atoms with E-state index in [1.165, 1.54) is 24.0 Å². The molecule has 0 amide bonds. The molecule has 0 aromatic heterocycles. The summed E-state index contributed by atoms with van der Waals surface area (Å²) >= 11 is 0. The lowest BCUT2D eigenvalue weighted by Crippen LogP contribution is -2.31. The second-order valence-corrected chi connectivity index (χ2v) is 5.42. The summed E-state index contributed by atoms with van der Waals surface area (Å²) < 4.78 is 0. The lowest BCUT2D eigenvalue weighted by molar-refractivity contribution is 0.110. The second-order valence-electron chi connectivity index (χ2n) is 5.42. The molecule has 1 aliphatic rings. The van der Waals surface area contributed by atoms with E-state index in [1.54, 1.807) is 0 Å². The summed E-state index contributed by atoms with van der Waals surface area (Å²) in [6, 6.07) is 6.96. The van der Waals surface area contributed by atoms with Crippen molar-refractivity contribution < 1.29 is 5.11 Å². The van der Waals surface area contributed by atoms with E-state index in [0.29, 0.717) is 6.04 Å². The molecular weight excluding hydrogens is 210 g/mol. The Kier molecular flexibility index (Phi) is 3.85. The largest absolute Gasteiger partial charge is 0.387 e. The normalized spacial score (nSPS) is 22.9. The van der Waals surface area contributed by atoms with E-state index in [0.717, 1.165) is 18.7 Å². The van der Waals surface area contributed by atoms with Crippen molar-refractivity contribution >= 4 is 0 Å². The van der Waals surface area contributed by atoms with Crippen LogP contribution in [0, 0.1) is 13.8 Å². The number of hydrogen-bond donors (Lipinski definition) is 1. The monoisotopic (exact) mass is 233 g/mol. The Morgan fingerprint density at radius 1 is 1.29 bits per heavy atom. The Hall–Kier alpha value is -0.860. The number of aryl methyl sites for hydroxylation is 2. The van der Waals surface area contributed by atoms with Crippen LogP contribution >= 0.6 is 0 Å². The van der Waals surface area contributed by atoms with Gasteiger partial charge in [-0.1, -0.05) is 29.3 Å². The molecule has 1 aromatic carbocycles. The van der Waals surface area contributed by atoms with Gasteiger partial charge in [0.15, 0.2) is 0 Å². The first-order valence-corrected chi connectivity index (χ1v) is 6.56. The highest BCUT2D eigenvalue weighted by Crippen LogP contribution is 2.22. The SMILES string of the molecule is Cc1cc(C)cc(C(O)CN2CCCC2C)c1. The minimum atomic E-state index is -0.353. The molecule has 17 heavy (non-hydrogen) atoms. The fourth-order valence-electron chi connectivity index (χ4n) is 2.79. The zero-order valence-corrected chi connectivity index (χ0v) is 11.1. The van der Waals surface area contributed by atoms with Gasteiger partial charge in [0, 0.05) is 12.6 Å². The van der Waals surface area contributed by atoms with Crippen molar-refractivity contribution in [1.82, 2.24) is 4.90 Å². The summed E-state index contributed by atoms with van der Waals surface area (Å²) in [5.74, 6) is 0. The van der Waals surface area contributed by atoms with Gasteiger partial charge in [-0.25, -0.2) is 0 Å². The van der Waals surface area contributed by atoms with Gasteiger partial charge in [-0.3, -0.25) is 4.90 Å². The van der Waals surface area contributed by atoms with Gasteiger partial charge in [0.1, 0.15) is 0 Å². The van der Waals surface area contributed by atoms with E-state index < -0.39 is 0 Å². The molecule has 1 aromatic rings. The summed E-state index contributed by atoms with van der Waals surface area (Å²) in [5, 5.41) is 10.3. The van der Waals surface area contributed by atoms with Crippen molar-refractivity contribution in [1.29, 1.82) is 0 Å². The highest BCUT2D eigenvalue weighted by molar-refractivity contribution is 5.30. The fraction of sp³-hybridized carbons (Fsp3) is 0.600. The standard InChI is InChI=1S/C15H23NO/c1-11-7-12(2)9-14(8-11)15(17)10-16-6-4-5-13(16)3/h7-9,13,15,17H,4-6,10H2,1-3H3. The number of likely N-dealkylation sites (tertiary alicyclic amines) is 1. The molecular formula is C15H23NO. The van der Waals surface area contributed by atoms with Crippen molar-refractivity contribution in [2.75, 3.05) is 13.1 Å². The molecule has 1 heterocycles. The first-order valence-electron chi connectivity index (χ1n) is 6.56. The van der Waals surface area contributed by atoms with Gasteiger partial charge < -0.3 is 5.11 Å². The predicted molar refractivity (Wildman–Crippen MR) is 71.1 cm³/mol. The van der Waals surface area contributed by atoms with E-state index in [2.05, 4.69) is 43.9 Å². The summed E-state index contributed by atoms with van der Waals surface area (Å²) in [6.45, 7) is 8.32. The third-order valence-electron chi connectivity index (χ3n) is 3.73. The van der Waals surface area contributed by atoms with Crippen molar-refractivity contribution in [3.05, 3.63) is 34.9 Å². The first-order chi connectivity index (χ1) is 8.06. The maximum atomic E-state index is 10.3. The molecule has 1 fully saturated rings. The molecule has 2 rings (SSSR count). The molecule has 2 atom stereocenters. The van der Waals surface area contributed by atoms with E-state index in [9.17, 15) is 5.11 Å². The lowest BCUT2D eigenvalue weighted by Gasteiger charge is -2.24. The maximum absolute atomic E-state index is 10.3. The lowest BCUT2D eigenvalue weighted by atomic mass is 10.0. The van der Waals surface area contributed by atoms with Crippen LogP contribution in [0.5, 0.6) is 0 Å². The zero-order valence-electron chi connectivity index (χ0n) is 11.1. The molecule has 0 saturated carbocycles. The maximum Gasteiger partial charge on any atom is 0.0917 e. The average Bonchev–Trinajstić information content (AvgIpc) is 2.63. The van der Waals surface area contributed by atoms with Crippen LogP contribution in [-0.2, 0) is 0 Å². The van der Waals surface area contributed by atoms with Crippen molar-refractivity contribution in [2.24, 2.45) is 0 Å². The summed E-state index contributed by atoms with van der Waals surface area (Å²) in [7, 11) is 0. The number of nitrogens with zero attached hydrogens (tertiary/aromatic N) is 1. The van der Waals surface area contributed by atoms with E-state index in [1.807, 2.05) is 0 Å². The summed E-state index contributed by atoms with van der Waals surface area (Å²) in [6.07, 6.45) is 2.18. The molecule has 1 aliphatic heterocycles. The van der Waals surface area contributed by atoms with Gasteiger partial charge in [0.05, 0.1) is 6.10 Å². The minimum Gasteiger partial charge on any atom is -0.387 e. The van der Waals surface area contributed by atoms with Gasteiger partial charge >= 0.3 is 0 Å². The molecule has 2 nitrogen and oxygen atoms in total. The van der Waals surface area contributed by atoms with Crippen LogP contribution in [0.15, 0.2) is 18.2 Å². The Morgan fingerprint density at radius 2 is 1.94 bits per heavy atom. The topological polar surface area (TPSA) is 23.5 Å². The van der Waals surface area contributed by atoms with Crippen molar-refractivity contribution in [3.63, 3.8) is 0 Å². The Balaban J connectivity index is 2.06. The van der Waals surface area contributed by atoms with Crippen molar-refractivity contribution in [3.8, 4) is 0 Å².